The SMILES string of the molecule is NC(c1ccc(F)cc1)c1cc(Cl)ccc1Cl. The summed E-state index contributed by atoms with van der Waals surface area (Å²) in [6.45, 7) is 0. The fraction of sp³-hybridized carbons (Fsp3) is 0.0769. The monoisotopic (exact) mass is 269 g/mol. The lowest BCUT2D eigenvalue weighted by molar-refractivity contribution is 0.626. The van der Waals surface area contributed by atoms with Gasteiger partial charge in [-0.1, -0.05) is 35.3 Å². The van der Waals surface area contributed by atoms with Gasteiger partial charge in [-0.2, -0.15) is 0 Å². The minimum Gasteiger partial charge on any atom is -0.320 e. The van der Waals surface area contributed by atoms with E-state index in [2.05, 4.69) is 0 Å². The van der Waals surface area contributed by atoms with Crippen LogP contribution in [0.2, 0.25) is 10.0 Å². The van der Waals surface area contributed by atoms with E-state index in [0.717, 1.165) is 11.1 Å². The molecule has 1 unspecified atom stereocenters. The van der Waals surface area contributed by atoms with Gasteiger partial charge in [-0.3, -0.25) is 0 Å². The van der Waals surface area contributed by atoms with Gasteiger partial charge in [0.05, 0.1) is 6.04 Å². The molecule has 2 rings (SSSR count). The zero-order chi connectivity index (χ0) is 12.4. The topological polar surface area (TPSA) is 26.0 Å². The van der Waals surface area contributed by atoms with Gasteiger partial charge in [0.15, 0.2) is 0 Å². The Balaban J connectivity index is 2.39. The van der Waals surface area contributed by atoms with Crippen LogP contribution in [-0.2, 0) is 0 Å². The minimum absolute atomic E-state index is 0.293. The lowest BCUT2D eigenvalue weighted by atomic mass is 10.00. The van der Waals surface area contributed by atoms with Gasteiger partial charge in [-0.05, 0) is 41.5 Å². The van der Waals surface area contributed by atoms with Crippen molar-refractivity contribution in [3.05, 3.63) is 69.5 Å². The van der Waals surface area contributed by atoms with Crippen LogP contribution in [-0.4, -0.2) is 0 Å². The molecule has 0 spiro atoms. The number of hydrogen-bond acceptors (Lipinski definition) is 1. The Kier molecular flexibility index (Phi) is 3.67. The van der Waals surface area contributed by atoms with Crippen molar-refractivity contribution in [1.82, 2.24) is 0 Å². The molecule has 0 fully saturated rings. The Morgan fingerprint density at radius 1 is 1.00 bits per heavy atom. The molecule has 2 aromatic rings. The smallest absolute Gasteiger partial charge is 0.123 e. The first-order valence-electron chi connectivity index (χ1n) is 5.04. The summed E-state index contributed by atoms with van der Waals surface area (Å²) in [5.41, 5.74) is 7.59. The molecule has 0 aliphatic carbocycles. The first-order valence-corrected chi connectivity index (χ1v) is 5.79. The second kappa shape index (κ2) is 5.05. The van der Waals surface area contributed by atoms with Crippen LogP contribution in [0.1, 0.15) is 17.2 Å². The van der Waals surface area contributed by atoms with Gasteiger partial charge in [0.1, 0.15) is 5.82 Å². The van der Waals surface area contributed by atoms with Crippen LogP contribution in [0.4, 0.5) is 4.39 Å². The van der Waals surface area contributed by atoms with Crippen molar-refractivity contribution in [1.29, 1.82) is 0 Å². The average Bonchev–Trinajstić information content (AvgIpc) is 2.32. The van der Waals surface area contributed by atoms with E-state index in [-0.39, 0.29) is 5.82 Å². The van der Waals surface area contributed by atoms with Gasteiger partial charge in [-0.15, -0.1) is 0 Å². The van der Waals surface area contributed by atoms with E-state index in [0.29, 0.717) is 10.0 Å². The Morgan fingerprint density at radius 2 is 1.65 bits per heavy atom. The molecule has 0 radical (unpaired) electrons. The quantitative estimate of drug-likeness (QED) is 0.870. The van der Waals surface area contributed by atoms with Gasteiger partial charge >= 0.3 is 0 Å². The number of benzene rings is 2. The maximum atomic E-state index is 12.8. The molecule has 2 N–H and O–H groups in total. The third kappa shape index (κ3) is 2.78. The first kappa shape index (κ1) is 12.4. The fourth-order valence-corrected chi connectivity index (χ4v) is 2.02. The summed E-state index contributed by atoms with van der Waals surface area (Å²) in [5, 5.41) is 1.12. The van der Waals surface area contributed by atoms with Gasteiger partial charge in [0.25, 0.3) is 0 Å². The van der Waals surface area contributed by atoms with Gasteiger partial charge in [-0.25, -0.2) is 4.39 Å². The highest BCUT2D eigenvalue weighted by Gasteiger charge is 2.13. The third-order valence-corrected chi connectivity index (χ3v) is 3.10. The number of halogens is 3. The van der Waals surface area contributed by atoms with Crippen molar-refractivity contribution in [2.75, 3.05) is 0 Å². The first-order chi connectivity index (χ1) is 8.08. The molecule has 88 valence electrons. The van der Waals surface area contributed by atoms with Gasteiger partial charge < -0.3 is 5.73 Å². The predicted molar refractivity (Wildman–Crippen MR) is 68.9 cm³/mol. The highest BCUT2D eigenvalue weighted by molar-refractivity contribution is 6.33. The molecule has 0 saturated heterocycles. The maximum Gasteiger partial charge on any atom is 0.123 e. The fourth-order valence-electron chi connectivity index (χ4n) is 1.60. The van der Waals surface area contributed by atoms with E-state index in [9.17, 15) is 4.39 Å². The lowest BCUT2D eigenvalue weighted by Crippen LogP contribution is -2.12. The average molecular weight is 270 g/mol. The van der Waals surface area contributed by atoms with Crippen LogP contribution in [0.25, 0.3) is 0 Å². The van der Waals surface area contributed by atoms with Crippen LogP contribution in [0.3, 0.4) is 0 Å². The molecule has 0 bridgehead atoms. The van der Waals surface area contributed by atoms with Crippen molar-refractivity contribution in [3.63, 3.8) is 0 Å². The zero-order valence-corrected chi connectivity index (χ0v) is 10.3. The van der Waals surface area contributed by atoms with E-state index >= 15 is 0 Å². The van der Waals surface area contributed by atoms with Gasteiger partial charge in [0.2, 0.25) is 0 Å². The van der Waals surface area contributed by atoms with Crippen molar-refractivity contribution >= 4 is 23.2 Å². The number of rotatable bonds is 2. The largest absolute Gasteiger partial charge is 0.320 e. The highest BCUT2D eigenvalue weighted by atomic mass is 35.5. The van der Waals surface area contributed by atoms with Crippen molar-refractivity contribution in [2.45, 2.75) is 6.04 Å². The molecule has 0 heterocycles. The molecular formula is C13H10Cl2FN. The molecule has 17 heavy (non-hydrogen) atoms. The normalized spacial score (nSPS) is 12.5. The number of hydrogen-bond donors (Lipinski definition) is 1. The van der Waals surface area contributed by atoms with Crippen LogP contribution in [0.15, 0.2) is 42.5 Å². The Hall–Kier alpha value is -1.09. The molecule has 0 aliphatic rings. The standard InChI is InChI=1S/C13H10Cl2FN/c14-9-3-6-12(15)11(7-9)13(17)8-1-4-10(16)5-2-8/h1-7,13H,17H2. The molecule has 2 aromatic carbocycles. The van der Waals surface area contributed by atoms with E-state index in [4.69, 9.17) is 28.9 Å². The zero-order valence-electron chi connectivity index (χ0n) is 8.83. The Morgan fingerprint density at radius 3 is 2.29 bits per heavy atom. The summed E-state index contributed by atoms with van der Waals surface area (Å²) in [6, 6.07) is 10.7. The molecule has 4 heteroatoms. The minimum atomic E-state index is -0.415. The Bertz CT molecular complexity index is 525. The van der Waals surface area contributed by atoms with Crippen molar-refractivity contribution in [3.8, 4) is 0 Å². The summed E-state index contributed by atoms with van der Waals surface area (Å²) >= 11 is 12.0. The number of nitrogens with two attached hydrogens (primary N) is 1. The highest BCUT2D eigenvalue weighted by Crippen LogP contribution is 2.29. The molecule has 0 aromatic heterocycles. The summed E-state index contributed by atoms with van der Waals surface area (Å²) in [6.07, 6.45) is 0. The van der Waals surface area contributed by atoms with Crippen LogP contribution >= 0.6 is 23.2 Å². The van der Waals surface area contributed by atoms with E-state index < -0.39 is 6.04 Å². The van der Waals surface area contributed by atoms with Crippen LogP contribution in [0.5, 0.6) is 0 Å². The van der Waals surface area contributed by atoms with E-state index in [1.807, 2.05) is 0 Å². The van der Waals surface area contributed by atoms with Crippen molar-refractivity contribution in [2.24, 2.45) is 5.73 Å². The molecule has 0 amide bonds. The molecule has 0 saturated carbocycles. The second-order valence-electron chi connectivity index (χ2n) is 3.70. The maximum absolute atomic E-state index is 12.8. The van der Waals surface area contributed by atoms with Crippen LogP contribution in [0, 0.1) is 5.82 Å². The molecule has 1 nitrogen and oxygen atoms in total. The second-order valence-corrected chi connectivity index (χ2v) is 4.54. The summed E-state index contributed by atoms with van der Waals surface area (Å²) in [4.78, 5) is 0. The van der Waals surface area contributed by atoms with Crippen LogP contribution < -0.4 is 5.73 Å². The summed E-state index contributed by atoms with van der Waals surface area (Å²) in [7, 11) is 0. The predicted octanol–water partition coefficient (Wildman–Crippen LogP) is 4.18. The van der Waals surface area contributed by atoms with Crippen molar-refractivity contribution < 1.29 is 4.39 Å². The van der Waals surface area contributed by atoms with E-state index in [1.165, 1.54) is 12.1 Å². The third-order valence-electron chi connectivity index (χ3n) is 2.52. The summed E-state index contributed by atoms with van der Waals surface area (Å²) < 4.78 is 12.8. The lowest BCUT2D eigenvalue weighted by Gasteiger charge is -2.14. The van der Waals surface area contributed by atoms with Gasteiger partial charge in [0, 0.05) is 10.0 Å². The summed E-state index contributed by atoms with van der Waals surface area (Å²) in [5.74, 6) is -0.293. The molecular weight excluding hydrogens is 260 g/mol. The van der Waals surface area contributed by atoms with E-state index in [1.54, 1.807) is 30.3 Å². The molecule has 0 aliphatic heterocycles. The Labute approximate surface area is 109 Å². The molecule has 1 atom stereocenters.